The highest BCUT2D eigenvalue weighted by Gasteiger charge is 2.35. The third-order valence-corrected chi connectivity index (χ3v) is 6.41. The van der Waals surface area contributed by atoms with Crippen LogP contribution in [0.25, 0.3) is 16.3 Å². The second kappa shape index (κ2) is 8.43. The Hall–Kier alpha value is -3.71. The first kappa shape index (κ1) is 20.2. The van der Waals surface area contributed by atoms with Crippen LogP contribution in [0.1, 0.15) is 30.5 Å². The van der Waals surface area contributed by atoms with E-state index in [9.17, 15) is 4.79 Å². The summed E-state index contributed by atoms with van der Waals surface area (Å²) in [6.07, 6.45) is 2.64. The van der Waals surface area contributed by atoms with E-state index in [1.165, 1.54) is 0 Å². The third-order valence-electron chi connectivity index (χ3n) is 5.53. The zero-order valence-corrected chi connectivity index (χ0v) is 18.6. The molecule has 5 rings (SSSR count). The highest BCUT2D eigenvalue weighted by Crippen LogP contribution is 2.39. The van der Waals surface area contributed by atoms with Crippen LogP contribution in [0.3, 0.4) is 0 Å². The molecule has 0 unspecified atom stereocenters. The molecule has 32 heavy (non-hydrogen) atoms. The molecule has 4 aromatic rings. The van der Waals surface area contributed by atoms with Crippen LogP contribution in [0.5, 0.6) is 5.75 Å². The number of para-hydroxylation sites is 1. The number of hydrazone groups is 1. The van der Waals surface area contributed by atoms with Gasteiger partial charge in [0, 0.05) is 25.1 Å². The van der Waals surface area contributed by atoms with Crippen molar-refractivity contribution in [2.24, 2.45) is 5.10 Å². The lowest BCUT2D eigenvalue weighted by Crippen LogP contribution is -2.24. The van der Waals surface area contributed by atoms with Crippen LogP contribution < -0.4 is 4.74 Å². The number of hydrogen-bond donors (Lipinski definition) is 0. The first-order valence-corrected chi connectivity index (χ1v) is 11.2. The summed E-state index contributed by atoms with van der Waals surface area (Å²) in [4.78, 5) is 13.6. The maximum absolute atomic E-state index is 12.6. The minimum absolute atomic E-state index is 0.0943. The second-order valence-corrected chi connectivity index (χ2v) is 8.50. The van der Waals surface area contributed by atoms with E-state index >= 15 is 0 Å². The van der Waals surface area contributed by atoms with Crippen molar-refractivity contribution < 1.29 is 9.53 Å². The number of aromatic nitrogens is 2. The number of ether oxygens (including phenoxy) is 1. The smallest absolute Gasteiger partial charge is 0.240 e. The van der Waals surface area contributed by atoms with E-state index in [1.807, 2.05) is 76.9 Å². The summed E-state index contributed by atoms with van der Waals surface area (Å²) >= 11 is 1.64. The maximum atomic E-state index is 12.6. The number of rotatable bonds is 5. The number of benzene rings is 2. The molecular formula is C25H22N4O2S. The SMILES string of the molecule is COc1ccc(C2=NN(C(C)=O)[C@H](c3cn(-c4ccccc4)nc3-c3cccs3)C2)cc1. The van der Waals surface area contributed by atoms with Crippen LogP contribution in [0, 0.1) is 0 Å². The van der Waals surface area contributed by atoms with Gasteiger partial charge in [-0.1, -0.05) is 24.3 Å². The Bertz CT molecular complexity index is 1260. The van der Waals surface area contributed by atoms with Crippen LogP contribution >= 0.6 is 11.3 Å². The lowest BCUT2D eigenvalue weighted by Gasteiger charge is -2.19. The Morgan fingerprint density at radius 1 is 1.06 bits per heavy atom. The van der Waals surface area contributed by atoms with Crippen molar-refractivity contribution in [3.05, 3.63) is 89.4 Å². The summed E-state index contributed by atoms with van der Waals surface area (Å²) in [5.74, 6) is 0.694. The van der Waals surface area contributed by atoms with Gasteiger partial charge in [0.2, 0.25) is 5.91 Å². The van der Waals surface area contributed by atoms with Crippen molar-refractivity contribution in [1.29, 1.82) is 0 Å². The largest absolute Gasteiger partial charge is 0.497 e. The number of carbonyl (C=O) groups is 1. The lowest BCUT2D eigenvalue weighted by atomic mass is 9.98. The van der Waals surface area contributed by atoms with Gasteiger partial charge in [0.1, 0.15) is 11.4 Å². The molecule has 3 heterocycles. The van der Waals surface area contributed by atoms with Gasteiger partial charge in [0.15, 0.2) is 0 Å². The van der Waals surface area contributed by atoms with Crippen LogP contribution in [-0.4, -0.2) is 33.5 Å². The molecule has 0 spiro atoms. The predicted octanol–water partition coefficient (Wildman–Crippen LogP) is 5.31. The summed E-state index contributed by atoms with van der Waals surface area (Å²) in [6.45, 7) is 1.56. The van der Waals surface area contributed by atoms with E-state index in [-0.39, 0.29) is 11.9 Å². The summed E-state index contributed by atoms with van der Waals surface area (Å²) < 4.78 is 7.15. The Labute approximate surface area is 190 Å². The van der Waals surface area contributed by atoms with Gasteiger partial charge in [-0.15, -0.1) is 11.3 Å². The van der Waals surface area contributed by atoms with Crippen molar-refractivity contribution in [3.63, 3.8) is 0 Å². The number of hydrogen-bond acceptors (Lipinski definition) is 5. The van der Waals surface area contributed by atoms with Crippen molar-refractivity contribution in [1.82, 2.24) is 14.8 Å². The molecule has 160 valence electrons. The zero-order valence-electron chi connectivity index (χ0n) is 17.8. The van der Waals surface area contributed by atoms with Crippen LogP contribution in [-0.2, 0) is 4.79 Å². The molecule has 1 amide bonds. The second-order valence-electron chi connectivity index (χ2n) is 7.55. The van der Waals surface area contributed by atoms with Crippen LogP contribution in [0.2, 0.25) is 0 Å². The molecule has 0 radical (unpaired) electrons. The highest BCUT2D eigenvalue weighted by atomic mass is 32.1. The van der Waals surface area contributed by atoms with E-state index in [1.54, 1.807) is 30.4 Å². The van der Waals surface area contributed by atoms with Gasteiger partial charge in [0.05, 0.1) is 29.4 Å². The van der Waals surface area contributed by atoms with Crippen molar-refractivity contribution in [2.75, 3.05) is 7.11 Å². The normalized spacial score (nSPS) is 15.6. The first-order chi connectivity index (χ1) is 15.6. The zero-order chi connectivity index (χ0) is 22.1. The fraction of sp³-hybridized carbons (Fsp3) is 0.160. The van der Waals surface area contributed by atoms with E-state index in [2.05, 4.69) is 6.07 Å². The standard InChI is InChI=1S/C25H22N4O2S/c1-17(30)29-23(15-22(26-29)18-10-12-20(31-2)13-11-18)21-16-28(19-7-4-3-5-8-19)27-25(21)24-9-6-14-32-24/h3-14,16,23H,15H2,1-2H3/t23-/m0/s1. The van der Waals surface area contributed by atoms with Crippen LogP contribution in [0.15, 0.2) is 83.4 Å². The Kier molecular flexibility index (Phi) is 5.33. The first-order valence-electron chi connectivity index (χ1n) is 10.3. The van der Waals surface area contributed by atoms with Crippen molar-refractivity contribution >= 4 is 23.0 Å². The van der Waals surface area contributed by atoms with Gasteiger partial charge in [-0.25, -0.2) is 9.69 Å². The van der Waals surface area contributed by atoms with Crippen molar-refractivity contribution in [2.45, 2.75) is 19.4 Å². The topological polar surface area (TPSA) is 59.7 Å². The van der Waals surface area contributed by atoms with E-state index in [0.717, 1.165) is 38.8 Å². The molecule has 1 atom stereocenters. The summed E-state index contributed by atoms with van der Waals surface area (Å²) in [5.41, 5.74) is 4.69. The molecule has 1 aliphatic rings. The summed E-state index contributed by atoms with van der Waals surface area (Å²) in [7, 11) is 1.64. The molecule has 0 saturated carbocycles. The van der Waals surface area contributed by atoms with E-state index in [0.29, 0.717) is 6.42 Å². The van der Waals surface area contributed by atoms with E-state index < -0.39 is 0 Å². The summed E-state index contributed by atoms with van der Waals surface area (Å²) in [6, 6.07) is 21.6. The molecule has 0 aliphatic carbocycles. The van der Waals surface area contributed by atoms with E-state index in [4.69, 9.17) is 14.9 Å². The van der Waals surface area contributed by atoms with Gasteiger partial charge in [-0.05, 0) is 53.4 Å². The summed E-state index contributed by atoms with van der Waals surface area (Å²) in [5, 5.41) is 13.2. The molecular weight excluding hydrogens is 420 g/mol. The third kappa shape index (κ3) is 3.71. The molecule has 6 nitrogen and oxygen atoms in total. The van der Waals surface area contributed by atoms with Gasteiger partial charge >= 0.3 is 0 Å². The molecule has 0 N–H and O–H groups in total. The minimum Gasteiger partial charge on any atom is -0.497 e. The fourth-order valence-electron chi connectivity index (χ4n) is 3.95. The van der Waals surface area contributed by atoms with Gasteiger partial charge in [0.25, 0.3) is 0 Å². The molecule has 2 aromatic carbocycles. The van der Waals surface area contributed by atoms with Crippen molar-refractivity contribution in [3.8, 4) is 22.0 Å². The molecule has 1 aliphatic heterocycles. The Balaban J connectivity index is 1.57. The number of methoxy groups -OCH3 is 1. The molecule has 0 fully saturated rings. The molecule has 7 heteroatoms. The van der Waals surface area contributed by atoms with Gasteiger partial charge in [-0.2, -0.15) is 10.2 Å². The minimum atomic E-state index is -0.223. The number of thiophene rings is 1. The average Bonchev–Trinajstić information content (AvgIpc) is 3.58. The lowest BCUT2D eigenvalue weighted by molar-refractivity contribution is -0.130. The number of carbonyl (C=O) groups excluding carboxylic acids is 1. The van der Waals surface area contributed by atoms with Crippen LogP contribution in [0.4, 0.5) is 0 Å². The number of amides is 1. The predicted molar refractivity (Wildman–Crippen MR) is 126 cm³/mol. The number of nitrogens with zero attached hydrogens (tertiary/aromatic N) is 4. The molecule has 0 saturated heterocycles. The van der Waals surface area contributed by atoms with Gasteiger partial charge < -0.3 is 4.74 Å². The molecule has 2 aromatic heterocycles. The Morgan fingerprint density at radius 2 is 1.84 bits per heavy atom. The molecule has 0 bridgehead atoms. The quantitative estimate of drug-likeness (QED) is 0.421. The average molecular weight is 443 g/mol. The monoisotopic (exact) mass is 442 g/mol. The fourth-order valence-corrected chi connectivity index (χ4v) is 4.68. The van der Waals surface area contributed by atoms with Gasteiger partial charge in [-0.3, -0.25) is 4.79 Å². The maximum Gasteiger partial charge on any atom is 0.240 e. The Morgan fingerprint density at radius 3 is 2.50 bits per heavy atom. The highest BCUT2D eigenvalue weighted by molar-refractivity contribution is 7.13.